The minimum atomic E-state index is 0.756. The van der Waals surface area contributed by atoms with E-state index >= 15 is 0 Å². The summed E-state index contributed by atoms with van der Waals surface area (Å²) in [5.74, 6) is 0. The molecule has 0 aliphatic heterocycles. The maximum Gasteiger partial charge on any atom is 0.107 e. The normalized spacial score (nSPS) is 15.5. The monoisotopic (exact) mass is 269 g/mol. The number of hydrogen-bond donors (Lipinski definition) is 1. The average molecular weight is 269 g/mol. The third kappa shape index (κ3) is 4.65. The number of nitrogens with one attached hydrogen (secondary N) is 1. The van der Waals surface area contributed by atoms with Crippen LogP contribution in [-0.2, 0) is 17.8 Å². The second-order valence-corrected chi connectivity index (χ2v) is 5.69. The van der Waals surface area contributed by atoms with E-state index < -0.39 is 0 Å². The SMILES string of the molecule is CCN(CCOC)Cc1csc(CNC2CC2)n1. The van der Waals surface area contributed by atoms with E-state index in [9.17, 15) is 0 Å². The second kappa shape index (κ2) is 7.19. The van der Waals surface area contributed by atoms with Gasteiger partial charge in [0, 0.05) is 38.2 Å². The van der Waals surface area contributed by atoms with Gasteiger partial charge in [0.05, 0.1) is 12.3 Å². The van der Waals surface area contributed by atoms with Crippen molar-refractivity contribution in [3.63, 3.8) is 0 Å². The summed E-state index contributed by atoms with van der Waals surface area (Å²) in [7, 11) is 1.75. The van der Waals surface area contributed by atoms with E-state index in [1.54, 1.807) is 18.4 Å². The van der Waals surface area contributed by atoms with Crippen molar-refractivity contribution in [3.8, 4) is 0 Å². The van der Waals surface area contributed by atoms with Crippen LogP contribution in [0.5, 0.6) is 0 Å². The predicted molar refractivity (Wildman–Crippen MR) is 74.8 cm³/mol. The van der Waals surface area contributed by atoms with Gasteiger partial charge in [0.2, 0.25) is 0 Å². The molecule has 1 aromatic rings. The molecule has 5 heteroatoms. The first-order chi connectivity index (χ1) is 8.81. The molecule has 0 atom stereocenters. The number of nitrogens with zero attached hydrogens (tertiary/aromatic N) is 2. The number of methoxy groups -OCH3 is 1. The Morgan fingerprint density at radius 3 is 3.06 bits per heavy atom. The molecular weight excluding hydrogens is 246 g/mol. The molecule has 1 aromatic heterocycles. The van der Waals surface area contributed by atoms with Crippen molar-refractivity contribution in [1.29, 1.82) is 0 Å². The Hall–Kier alpha value is -0.490. The van der Waals surface area contributed by atoms with Gasteiger partial charge in [-0.15, -0.1) is 11.3 Å². The van der Waals surface area contributed by atoms with Gasteiger partial charge in [0.1, 0.15) is 5.01 Å². The molecule has 1 N–H and O–H groups in total. The maximum atomic E-state index is 5.12. The molecule has 0 aromatic carbocycles. The lowest BCUT2D eigenvalue weighted by Gasteiger charge is -2.18. The molecule has 1 saturated carbocycles. The molecule has 1 fully saturated rings. The first-order valence-electron chi connectivity index (χ1n) is 6.69. The third-order valence-corrected chi connectivity index (χ3v) is 4.06. The quantitative estimate of drug-likeness (QED) is 0.742. The fourth-order valence-electron chi connectivity index (χ4n) is 1.82. The van der Waals surface area contributed by atoms with Gasteiger partial charge < -0.3 is 10.1 Å². The van der Waals surface area contributed by atoms with Crippen molar-refractivity contribution in [2.45, 2.75) is 38.9 Å². The summed E-state index contributed by atoms with van der Waals surface area (Å²) in [6.45, 7) is 6.84. The Labute approximate surface area is 113 Å². The Kier molecular flexibility index (Phi) is 5.56. The fraction of sp³-hybridized carbons (Fsp3) is 0.769. The molecule has 0 spiro atoms. The minimum Gasteiger partial charge on any atom is -0.383 e. The van der Waals surface area contributed by atoms with Crippen molar-refractivity contribution in [3.05, 3.63) is 16.1 Å². The number of hydrogen-bond acceptors (Lipinski definition) is 5. The molecule has 102 valence electrons. The smallest absolute Gasteiger partial charge is 0.107 e. The Morgan fingerprint density at radius 2 is 2.39 bits per heavy atom. The Bertz CT molecular complexity index is 352. The molecule has 0 amide bonds. The summed E-state index contributed by atoms with van der Waals surface area (Å²) in [6, 6.07) is 0.756. The number of aromatic nitrogens is 1. The topological polar surface area (TPSA) is 37.4 Å². The number of thiazole rings is 1. The lowest BCUT2D eigenvalue weighted by molar-refractivity contribution is 0.147. The summed E-state index contributed by atoms with van der Waals surface area (Å²) in [6.07, 6.45) is 2.66. The summed E-state index contributed by atoms with van der Waals surface area (Å²) < 4.78 is 5.12. The lowest BCUT2D eigenvalue weighted by atomic mass is 10.4. The number of likely N-dealkylation sites (N-methyl/N-ethyl adjacent to an activating group) is 1. The van der Waals surface area contributed by atoms with Gasteiger partial charge in [-0.2, -0.15) is 0 Å². The summed E-state index contributed by atoms with van der Waals surface area (Å²) in [5, 5.41) is 6.89. The molecule has 1 heterocycles. The van der Waals surface area contributed by atoms with E-state index in [4.69, 9.17) is 4.74 Å². The summed E-state index contributed by atoms with van der Waals surface area (Å²) in [4.78, 5) is 7.04. The number of ether oxygens (including phenoxy) is 1. The molecule has 1 aliphatic rings. The summed E-state index contributed by atoms with van der Waals surface area (Å²) >= 11 is 1.76. The lowest BCUT2D eigenvalue weighted by Crippen LogP contribution is -2.26. The van der Waals surface area contributed by atoms with E-state index in [1.165, 1.54) is 23.5 Å². The van der Waals surface area contributed by atoms with E-state index in [1.807, 2.05) is 0 Å². The van der Waals surface area contributed by atoms with Crippen molar-refractivity contribution in [2.75, 3.05) is 26.8 Å². The van der Waals surface area contributed by atoms with Crippen LogP contribution < -0.4 is 5.32 Å². The van der Waals surface area contributed by atoms with Gasteiger partial charge in [-0.1, -0.05) is 6.92 Å². The highest BCUT2D eigenvalue weighted by atomic mass is 32.1. The van der Waals surface area contributed by atoms with E-state index in [0.717, 1.165) is 38.8 Å². The van der Waals surface area contributed by atoms with Crippen LogP contribution in [-0.4, -0.2) is 42.7 Å². The third-order valence-electron chi connectivity index (χ3n) is 3.16. The summed E-state index contributed by atoms with van der Waals surface area (Å²) in [5.41, 5.74) is 1.19. The fourth-order valence-corrected chi connectivity index (χ4v) is 2.56. The predicted octanol–water partition coefficient (Wildman–Crippen LogP) is 1.86. The van der Waals surface area contributed by atoms with Crippen LogP contribution in [0.4, 0.5) is 0 Å². The molecule has 1 aliphatic carbocycles. The Morgan fingerprint density at radius 1 is 1.56 bits per heavy atom. The zero-order valence-electron chi connectivity index (χ0n) is 11.3. The average Bonchev–Trinajstić information content (AvgIpc) is 3.12. The van der Waals surface area contributed by atoms with Gasteiger partial charge in [0.25, 0.3) is 0 Å². The van der Waals surface area contributed by atoms with Crippen molar-refractivity contribution >= 4 is 11.3 Å². The van der Waals surface area contributed by atoms with Gasteiger partial charge in [-0.25, -0.2) is 4.98 Å². The standard InChI is InChI=1S/C13H23N3OS/c1-3-16(6-7-17-2)9-12-10-18-13(15-12)8-14-11-4-5-11/h10-11,14H,3-9H2,1-2H3. The first-order valence-corrected chi connectivity index (χ1v) is 7.57. The molecule has 0 bridgehead atoms. The highest BCUT2D eigenvalue weighted by Gasteiger charge is 2.20. The highest BCUT2D eigenvalue weighted by Crippen LogP contribution is 2.20. The zero-order chi connectivity index (χ0) is 12.8. The molecule has 0 unspecified atom stereocenters. The maximum absolute atomic E-state index is 5.12. The van der Waals surface area contributed by atoms with E-state index in [2.05, 4.69) is 27.5 Å². The van der Waals surface area contributed by atoms with Crippen LogP contribution in [0, 0.1) is 0 Å². The molecule has 2 rings (SSSR count). The van der Waals surface area contributed by atoms with Gasteiger partial charge in [-0.05, 0) is 19.4 Å². The van der Waals surface area contributed by atoms with E-state index in [0.29, 0.717) is 0 Å². The van der Waals surface area contributed by atoms with Crippen LogP contribution in [0.25, 0.3) is 0 Å². The Balaban J connectivity index is 1.76. The molecule has 0 saturated heterocycles. The van der Waals surface area contributed by atoms with Gasteiger partial charge in [0.15, 0.2) is 0 Å². The van der Waals surface area contributed by atoms with Gasteiger partial charge in [-0.3, -0.25) is 4.90 Å². The number of rotatable bonds is 9. The second-order valence-electron chi connectivity index (χ2n) is 4.75. The van der Waals surface area contributed by atoms with Crippen molar-refractivity contribution in [1.82, 2.24) is 15.2 Å². The van der Waals surface area contributed by atoms with Crippen molar-refractivity contribution < 1.29 is 4.74 Å². The zero-order valence-corrected chi connectivity index (χ0v) is 12.1. The molecule has 4 nitrogen and oxygen atoms in total. The van der Waals surface area contributed by atoms with Crippen LogP contribution in [0.3, 0.4) is 0 Å². The molecule has 18 heavy (non-hydrogen) atoms. The van der Waals surface area contributed by atoms with Crippen LogP contribution in [0.15, 0.2) is 5.38 Å². The molecular formula is C13H23N3OS. The largest absolute Gasteiger partial charge is 0.383 e. The molecule has 0 radical (unpaired) electrons. The van der Waals surface area contributed by atoms with Crippen LogP contribution >= 0.6 is 11.3 Å². The van der Waals surface area contributed by atoms with Gasteiger partial charge >= 0.3 is 0 Å². The minimum absolute atomic E-state index is 0.756. The van der Waals surface area contributed by atoms with Crippen LogP contribution in [0.1, 0.15) is 30.5 Å². The highest BCUT2D eigenvalue weighted by molar-refractivity contribution is 7.09. The van der Waals surface area contributed by atoms with E-state index in [-0.39, 0.29) is 0 Å². The first kappa shape index (κ1) is 13.9. The van der Waals surface area contributed by atoms with Crippen LogP contribution in [0.2, 0.25) is 0 Å². The van der Waals surface area contributed by atoms with Crippen molar-refractivity contribution in [2.24, 2.45) is 0 Å².